The Bertz CT molecular complexity index is 1610. The lowest BCUT2D eigenvalue weighted by atomic mass is 9.92. The molecule has 0 saturated heterocycles. The van der Waals surface area contributed by atoms with E-state index in [1.807, 2.05) is 49.5 Å². The SMILES string of the molecule is Cn1c(-c2ccc3ccccc3c2)c([C@@H]2c3ccccc3C(=O)N2CC(=O)O)c2ccccc21. The topological polar surface area (TPSA) is 62.5 Å². The van der Waals surface area contributed by atoms with E-state index in [-0.39, 0.29) is 12.5 Å². The van der Waals surface area contributed by atoms with Crippen LogP contribution in [0.25, 0.3) is 32.9 Å². The van der Waals surface area contributed by atoms with E-state index in [1.165, 1.54) is 4.90 Å². The van der Waals surface area contributed by atoms with Gasteiger partial charge in [0.05, 0.1) is 11.7 Å². The zero-order valence-corrected chi connectivity index (χ0v) is 18.6. The van der Waals surface area contributed by atoms with Crippen molar-refractivity contribution in [3.8, 4) is 11.3 Å². The van der Waals surface area contributed by atoms with Crippen molar-refractivity contribution in [2.45, 2.75) is 6.04 Å². The standard InChI is InChI=1S/C29H22N2O3/c1-30-24-13-7-6-12-23(24)26(27(30)20-15-14-18-8-2-3-9-19(18)16-20)28-21-10-4-5-11-22(21)29(34)31(28)17-25(32)33/h2-16,28H,17H2,1H3,(H,32,33)/t28-/m0/s1. The van der Waals surface area contributed by atoms with Crippen LogP contribution in [0, 0.1) is 0 Å². The summed E-state index contributed by atoms with van der Waals surface area (Å²) in [5, 5.41) is 13.0. The lowest BCUT2D eigenvalue weighted by Crippen LogP contribution is -2.34. The van der Waals surface area contributed by atoms with Crippen LogP contribution < -0.4 is 0 Å². The fraction of sp³-hybridized carbons (Fsp3) is 0.103. The molecule has 5 aromatic rings. The molecule has 166 valence electrons. The van der Waals surface area contributed by atoms with Crippen LogP contribution in [0.2, 0.25) is 0 Å². The molecule has 1 amide bonds. The first-order chi connectivity index (χ1) is 16.5. The Balaban J connectivity index is 1.68. The molecule has 1 aliphatic rings. The number of carbonyl (C=O) groups is 2. The normalized spacial score (nSPS) is 15.3. The largest absolute Gasteiger partial charge is 0.480 e. The summed E-state index contributed by atoms with van der Waals surface area (Å²) in [5.74, 6) is -1.28. The quantitative estimate of drug-likeness (QED) is 0.389. The lowest BCUT2D eigenvalue weighted by Gasteiger charge is -2.25. The first kappa shape index (κ1) is 20.2. The average molecular weight is 447 g/mol. The van der Waals surface area contributed by atoms with Gasteiger partial charge in [-0.15, -0.1) is 0 Å². The molecule has 0 aliphatic carbocycles. The monoisotopic (exact) mass is 446 g/mol. The number of carboxylic acids is 1. The Kier molecular flexibility index (Phi) is 4.52. The number of aryl methyl sites for hydroxylation is 1. The van der Waals surface area contributed by atoms with E-state index >= 15 is 0 Å². The highest BCUT2D eigenvalue weighted by Gasteiger charge is 2.41. The van der Waals surface area contributed by atoms with E-state index in [9.17, 15) is 14.7 Å². The minimum absolute atomic E-state index is 0.250. The zero-order valence-electron chi connectivity index (χ0n) is 18.6. The number of aromatic nitrogens is 1. The van der Waals surface area contributed by atoms with Crippen molar-refractivity contribution in [3.63, 3.8) is 0 Å². The molecule has 0 spiro atoms. The lowest BCUT2D eigenvalue weighted by molar-refractivity contribution is -0.138. The van der Waals surface area contributed by atoms with Gasteiger partial charge in [-0.25, -0.2) is 0 Å². The third-order valence-corrected chi connectivity index (χ3v) is 6.81. The van der Waals surface area contributed by atoms with Crippen molar-refractivity contribution in [1.82, 2.24) is 9.47 Å². The maximum absolute atomic E-state index is 13.3. The van der Waals surface area contributed by atoms with E-state index < -0.39 is 12.0 Å². The highest BCUT2D eigenvalue weighted by molar-refractivity contribution is 6.03. The Hall–Kier alpha value is -4.38. The second kappa shape index (κ2) is 7.59. The molecule has 1 aliphatic heterocycles. The number of hydrogen-bond donors (Lipinski definition) is 1. The number of fused-ring (bicyclic) bond motifs is 3. The van der Waals surface area contributed by atoms with Gasteiger partial charge in [-0.2, -0.15) is 0 Å². The van der Waals surface area contributed by atoms with Crippen molar-refractivity contribution in [1.29, 1.82) is 0 Å². The summed E-state index contributed by atoms with van der Waals surface area (Å²) in [6.45, 7) is -0.363. The molecule has 2 heterocycles. The van der Waals surface area contributed by atoms with Crippen LogP contribution >= 0.6 is 0 Å². The third kappa shape index (κ3) is 2.94. The summed E-state index contributed by atoms with van der Waals surface area (Å²) in [7, 11) is 2.03. The number of carboxylic acid groups (broad SMARTS) is 1. The molecule has 1 aromatic heterocycles. The molecular formula is C29H22N2O3. The van der Waals surface area contributed by atoms with Gasteiger partial charge in [0.1, 0.15) is 6.54 Å². The number of benzene rings is 4. The smallest absolute Gasteiger partial charge is 0.323 e. The summed E-state index contributed by atoms with van der Waals surface area (Å²) in [4.78, 5) is 26.6. The number of aliphatic carboxylic acids is 1. The first-order valence-electron chi connectivity index (χ1n) is 11.2. The van der Waals surface area contributed by atoms with E-state index in [2.05, 4.69) is 47.0 Å². The van der Waals surface area contributed by atoms with Crippen LogP contribution in [0.1, 0.15) is 27.5 Å². The molecule has 5 nitrogen and oxygen atoms in total. The second-order valence-electron chi connectivity index (χ2n) is 8.72. The number of rotatable bonds is 4. The summed E-state index contributed by atoms with van der Waals surface area (Å²) < 4.78 is 2.15. The van der Waals surface area contributed by atoms with Gasteiger partial charge in [0, 0.05) is 29.1 Å². The van der Waals surface area contributed by atoms with Crippen molar-refractivity contribution >= 4 is 33.6 Å². The predicted molar refractivity (Wildman–Crippen MR) is 133 cm³/mol. The van der Waals surface area contributed by atoms with Gasteiger partial charge >= 0.3 is 5.97 Å². The zero-order chi connectivity index (χ0) is 23.4. The van der Waals surface area contributed by atoms with Gasteiger partial charge in [0.25, 0.3) is 5.91 Å². The van der Waals surface area contributed by atoms with E-state index in [1.54, 1.807) is 6.07 Å². The summed E-state index contributed by atoms with van der Waals surface area (Å²) >= 11 is 0. The predicted octanol–water partition coefficient (Wildman–Crippen LogP) is 5.63. The molecule has 1 N–H and O–H groups in total. The Morgan fingerprint density at radius 1 is 0.882 bits per heavy atom. The van der Waals surface area contributed by atoms with Crippen molar-refractivity contribution in [3.05, 3.63) is 108 Å². The van der Waals surface area contributed by atoms with Crippen LogP contribution in [-0.4, -0.2) is 33.0 Å². The Morgan fingerprint density at radius 3 is 2.41 bits per heavy atom. The van der Waals surface area contributed by atoms with Crippen LogP contribution in [0.3, 0.4) is 0 Å². The fourth-order valence-corrected chi connectivity index (χ4v) is 5.38. The second-order valence-corrected chi connectivity index (χ2v) is 8.72. The highest BCUT2D eigenvalue weighted by atomic mass is 16.4. The molecular weight excluding hydrogens is 424 g/mol. The van der Waals surface area contributed by atoms with Gasteiger partial charge in [0.2, 0.25) is 0 Å². The van der Waals surface area contributed by atoms with Crippen LogP contribution in [0.4, 0.5) is 0 Å². The maximum Gasteiger partial charge on any atom is 0.323 e. The highest BCUT2D eigenvalue weighted by Crippen LogP contribution is 2.46. The molecule has 34 heavy (non-hydrogen) atoms. The van der Waals surface area contributed by atoms with Crippen LogP contribution in [0.15, 0.2) is 91.0 Å². The molecule has 0 saturated carbocycles. The van der Waals surface area contributed by atoms with Gasteiger partial charge in [-0.05, 0) is 40.1 Å². The van der Waals surface area contributed by atoms with Gasteiger partial charge in [0.15, 0.2) is 0 Å². The van der Waals surface area contributed by atoms with Crippen molar-refractivity contribution < 1.29 is 14.7 Å². The van der Waals surface area contributed by atoms with Crippen LogP contribution in [-0.2, 0) is 11.8 Å². The fourth-order valence-electron chi connectivity index (χ4n) is 5.38. The van der Waals surface area contributed by atoms with E-state index in [0.29, 0.717) is 5.56 Å². The summed E-state index contributed by atoms with van der Waals surface area (Å²) in [5.41, 5.74) is 5.40. The molecule has 5 heteroatoms. The van der Waals surface area contributed by atoms with Crippen LogP contribution in [0.5, 0.6) is 0 Å². The maximum atomic E-state index is 13.3. The van der Waals surface area contributed by atoms with Crippen molar-refractivity contribution in [2.24, 2.45) is 7.05 Å². The molecule has 6 rings (SSSR count). The van der Waals surface area contributed by atoms with Gasteiger partial charge < -0.3 is 14.6 Å². The molecule has 0 fully saturated rings. The molecule has 0 radical (unpaired) electrons. The summed E-state index contributed by atoms with van der Waals surface area (Å²) in [6, 6.07) is 29.7. The molecule has 1 atom stereocenters. The average Bonchev–Trinajstić information content (AvgIpc) is 3.29. The molecule has 0 bridgehead atoms. The van der Waals surface area contributed by atoms with Gasteiger partial charge in [-0.3, -0.25) is 9.59 Å². The first-order valence-corrected chi connectivity index (χ1v) is 11.2. The van der Waals surface area contributed by atoms with Crippen molar-refractivity contribution in [2.75, 3.05) is 6.54 Å². The number of para-hydroxylation sites is 1. The third-order valence-electron chi connectivity index (χ3n) is 6.81. The number of amides is 1. The van der Waals surface area contributed by atoms with E-state index in [4.69, 9.17) is 0 Å². The minimum atomic E-state index is -1.03. The Morgan fingerprint density at radius 2 is 1.59 bits per heavy atom. The number of carbonyl (C=O) groups excluding carboxylic acids is 1. The number of hydrogen-bond acceptors (Lipinski definition) is 2. The minimum Gasteiger partial charge on any atom is -0.480 e. The van der Waals surface area contributed by atoms with E-state index in [0.717, 1.165) is 44.1 Å². The number of nitrogens with zero attached hydrogens (tertiary/aromatic N) is 2. The summed E-state index contributed by atoms with van der Waals surface area (Å²) in [6.07, 6.45) is 0. The Labute approximate surface area is 196 Å². The van der Waals surface area contributed by atoms with Gasteiger partial charge in [-0.1, -0.05) is 72.8 Å². The molecule has 4 aromatic carbocycles. The molecule has 0 unspecified atom stereocenters.